The first-order valence-electron chi connectivity index (χ1n) is 5.26. The Labute approximate surface area is 84.9 Å². The van der Waals surface area contributed by atoms with E-state index >= 15 is 0 Å². The smallest absolute Gasteiger partial charge is 0.0656 e. The van der Waals surface area contributed by atoms with Crippen LogP contribution in [0.3, 0.4) is 0 Å². The molecule has 2 nitrogen and oxygen atoms in total. The first kappa shape index (κ1) is 9.25. The molecule has 14 heavy (non-hydrogen) atoms. The zero-order chi connectivity index (χ0) is 9.80. The van der Waals surface area contributed by atoms with Crippen molar-refractivity contribution in [2.45, 2.75) is 32.7 Å². The van der Waals surface area contributed by atoms with E-state index in [0.717, 1.165) is 13.0 Å². The second kappa shape index (κ2) is 4.27. The van der Waals surface area contributed by atoms with E-state index < -0.39 is 0 Å². The molecule has 0 N–H and O–H groups in total. The molecular weight excluding hydrogens is 172 g/mol. The van der Waals surface area contributed by atoms with E-state index in [9.17, 15) is 0 Å². The van der Waals surface area contributed by atoms with E-state index in [0.29, 0.717) is 0 Å². The fraction of sp³-hybridized carbons (Fsp3) is 0.417. The molecule has 0 atom stereocenters. The minimum Gasteiger partial charge on any atom is -0.268 e. The summed E-state index contributed by atoms with van der Waals surface area (Å²) < 4.78 is 2.01. The summed E-state index contributed by atoms with van der Waals surface area (Å²) in [5, 5.41) is 4.46. The molecule has 0 aromatic carbocycles. The molecule has 1 heterocycles. The van der Waals surface area contributed by atoms with E-state index in [4.69, 9.17) is 0 Å². The van der Waals surface area contributed by atoms with Gasteiger partial charge >= 0.3 is 0 Å². The number of nitrogens with zero attached hydrogens (tertiary/aromatic N) is 2. The van der Waals surface area contributed by atoms with Crippen LogP contribution in [0.25, 0.3) is 0 Å². The van der Waals surface area contributed by atoms with E-state index in [1.165, 1.54) is 24.1 Å². The Balaban J connectivity index is 2.03. The molecule has 1 aromatic rings. The Morgan fingerprint density at radius 3 is 3.00 bits per heavy atom. The van der Waals surface area contributed by atoms with Gasteiger partial charge < -0.3 is 0 Å². The monoisotopic (exact) mass is 188 g/mol. The third-order valence-corrected chi connectivity index (χ3v) is 2.47. The average Bonchev–Trinajstić information content (AvgIpc) is 2.67. The van der Waals surface area contributed by atoms with E-state index in [1.807, 2.05) is 4.68 Å². The van der Waals surface area contributed by atoms with Gasteiger partial charge in [-0.1, -0.05) is 25.2 Å². The van der Waals surface area contributed by atoms with Crippen LogP contribution in [0.2, 0.25) is 0 Å². The molecule has 0 fully saturated rings. The van der Waals surface area contributed by atoms with Crippen molar-refractivity contribution in [3.05, 3.63) is 41.8 Å². The van der Waals surface area contributed by atoms with Crippen LogP contribution in [0, 0.1) is 0 Å². The van der Waals surface area contributed by atoms with Crippen molar-refractivity contribution in [1.82, 2.24) is 9.78 Å². The Hall–Kier alpha value is -1.31. The normalized spacial score (nSPS) is 15.6. The second-order valence-corrected chi connectivity index (χ2v) is 3.62. The Morgan fingerprint density at radius 2 is 2.36 bits per heavy atom. The molecule has 0 saturated heterocycles. The maximum absolute atomic E-state index is 4.46. The number of rotatable bonds is 3. The molecule has 2 rings (SSSR count). The van der Waals surface area contributed by atoms with Crippen LogP contribution in [-0.4, -0.2) is 9.78 Å². The van der Waals surface area contributed by atoms with E-state index in [1.54, 1.807) is 0 Å². The topological polar surface area (TPSA) is 17.8 Å². The number of hydrogen-bond acceptors (Lipinski definition) is 1. The summed E-state index contributed by atoms with van der Waals surface area (Å²) in [6.45, 7) is 3.04. The Bertz CT molecular complexity index is 358. The molecular formula is C12H16N2. The van der Waals surface area contributed by atoms with Crippen molar-refractivity contribution in [3.63, 3.8) is 0 Å². The third kappa shape index (κ3) is 2.13. The van der Waals surface area contributed by atoms with Gasteiger partial charge in [0.15, 0.2) is 0 Å². The van der Waals surface area contributed by atoms with Crippen LogP contribution in [-0.2, 0) is 13.0 Å². The molecule has 0 unspecified atom stereocenters. The molecule has 1 aromatic heterocycles. The number of hydrogen-bond donors (Lipinski definition) is 0. The highest BCUT2D eigenvalue weighted by atomic mass is 15.3. The molecule has 0 amide bonds. The van der Waals surface area contributed by atoms with Crippen LogP contribution < -0.4 is 0 Å². The molecule has 74 valence electrons. The van der Waals surface area contributed by atoms with Crippen molar-refractivity contribution < 1.29 is 0 Å². The lowest BCUT2D eigenvalue weighted by Gasteiger charge is -2.06. The van der Waals surface area contributed by atoms with Gasteiger partial charge in [-0.05, 0) is 30.9 Å². The van der Waals surface area contributed by atoms with E-state index in [-0.39, 0.29) is 0 Å². The Kier molecular flexibility index (Phi) is 2.82. The van der Waals surface area contributed by atoms with Gasteiger partial charge in [0, 0.05) is 6.20 Å². The van der Waals surface area contributed by atoms with Crippen LogP contribution in [0.1, 0.15) is 25.5 Å². The van der Waals surface area contributed by atoms with Crippen LogP contribution in [0.5, 0.6) is 0 Å². The van der Waals surface area contributed by atoms with Gasteiger partial charge in [0.25, 0.3) is 0 Å². The maximum Gasteiger partial charge on any atom is 0.0656 e. The van der Waals surface area contributed by atoms with Gasteiger partial charge in [0.2, 0.25) is 0 Å². The number of allylic oxidation sites excluding steroid dienone is 4. The summed E-state index contributed by atoms with van der Waals surface area (Å²) in [5.41, 5.74) is 2.55. The van der Waals surface area contributed by atoms with Gasteiger partial charge in [-0.2, -0.15) is 5.10 Å². The highest BCUT2D eigenvalue weighted by Crippen LogP contribution is 2.11. The molecule has 0 radical (unpaired) electrons. The summed E-state index contributed by atoms with van der Waals surface area (Å²) in [7, 11) is 0. The van der Waals surface area contributed by atoms with Gasteiger partial charge in [-0.25, -0.2) is 0 Å². The molecule has 1 aliphatic rings. The quantitative estimate of drug-likeness (QED) is 0.713. The number of aryl methyl sites for hydroxylation is 1. The fourth-order valence-corrected chi connectivity index (χ4v) is 1.65. The zero-order valence-electron chi connectivity index (χ0n) is 8.61. The fourth-order valence-electron chi connectivity index (χ4n) is 1.65. The molecule has 0 saturated carbocycles. The largest absolute Gasteiger partial charge is 0.268 e. The van der Waals surface area contributed by atoms with Gasteiger partial charge in [-0.15, -0.1) is 0 Å². The van der Waals surface area contributed by atoms with Gasteiger partial charge in [0.05, 0.1) is 12.2 Å². The summed E-state index contributed by atoms with van der Waals surface area (Å²) in [5.74, 6) is 0. The average molecular weight is 188 g/mol. The predicted molar refractivity (Wildman–Crippen MR) is 58.1 cm³/mol. The minimum atomic E-state index is 0.913. The van der Waals surface area contributed by atoms with Gasteiger partial charge in [-0.3, -0.25) is 4.68 Å². The SMILES string of the molecule is CCc1ccn(CC2=CCCC=C2)n1. The van der Waals surface area contributed by atoms with Crippen molar-refractivity contribution in [2.75, 3.05) is 0 Å². The first-order valence-corrected chi connectivity index (χ1v) is 5.26. The summed E-state index contributed by atoms with van der Waals surface area (Å²) in [6, 6.07) is 2.09. The van der Waals surface area contributed by atoms with Crippen LogP contribution >= 0.6 is 0 Å². The maximum atomic E-state index is 4.46. The van der Waals surface area contributed by atoms with E-state index in [2.05, 4.69) is 42.5 Å². The third-order valence-electron chi connectivity index (χ3n) is 2.47. The van der Waals surface area contributed by atoms with Crippen molar-refractivity contribution in [2.24, 2.45) is 0 Å². The molecule has 1 aliphatic carbocycles. The van der Waals surface area contributed by atoms with Crippen molar-refractivity contribution in [3.8, 4) is 0 Å². The zero-order valence-corrected chi connectivity index (χ0v) is 8.61. The highest BCUT2D eigenvalue weighted by molar-refractivity contribution is 5.22. The minimum absolute atomic E-state index is 0.913. The molecule has 0 aliphatic heterocycles. The molecule has 0 spiro atoms. The summed E-state index contributed by atoms with van der Waals surface area (Å²) in [6.07, 6.45) is 12.2. The Morgan fingerprint density at radius 1 is 1.43 bits per heavy atom. The highest BCUT2D eigenvalue weighted by Gasteiger charge is 2.00. The lowest BCUT2D eigenvalue weighted by atomic mass is 10.1. The first-order chi connectivity index (χ1) is 6.88. The summed E-state index contributed by atoms with van der Waals surface area (Å²) in [4.78, 5) is 0. The van der Waals surface area contributed by atoms with Crippen LogP contribution in [0.15, 0.2) is 36.1 Å². The van der Waals surface area contributed by atoms with Crippen molar-refractivity contribution in [1.29, 1.82) is 0 Å². The van der Waals surface area contributed by atoms with Crippen molar-refractivity contribution >= 4 is 0 Å². The lowest BCUT2D eigenvalue weighted by molar-refractivity contribution is 0.668. The number of aromatic nitrogens is 2. The standard InChI is InChI=1S/C12H16N2/c1-2-12-8-9-14(13-12)10-11-6-4-3-5-7-11/h4,6-9H,2-3,5,10H2,1H3. The predicted octanol–water partition coefficient (Wildman–Crippen LogP) is 2.72. The molecule has 2 heteroatoms. The van der Waals surface area contributed by atoms with Gasteiger partial charge in [0.1, 0.15) is 0 Å². The lowest BCUT2D eigenvalue weighted by Crippen LogP contribution is -2.02. The van der Waals surface area contributed by atoms with Crippen LogP contribution in [0.4, 0.5) is 0 Å². The molecule has 0 bridgehead atoms. The summed E-state index contributed by atoms with van der Waals surface area (Å²) >= 11 is 0. The second-order valence-electron chi connectivity index (χ2n) is 3.62.